The van der Waals surface area contributed by atoms with Crippen LogP contribution in [0.5, 0.6) is 0 Å². The van der Waals surface area contributed by atoms with Gasteiger partial charge in [0.1, 0.15) is 0 Å². The monoisotopic (exact) mass is 263 g/mol. The van der Waals surface area contributed by atoms with Crippen LogP contribution in [-0.2, 0) is 5.54 Å². The first-order valence-electron chi connectivity index (χ1n) is 5.84. The van der Waals surface area contributed by atoms with Gasteiger partial charge in [0.15, 0.2) is 5.82 Å². The maximum atomic E-state index is 6.09. The first kappa shape index (κ1) is 13.1. The third-order valence-electron chi connectivity index (χ3n) is 3.01. The Morgan fingerprint density at radius 1 is 1.33 bits per heavy atom. The Morgan fingerprint density at radius 2 is 2.00 bits per heavy atom. The molecule has 1 aromatic carbocycles. The standard InChI is InChI=1S/C13H17N3OS/c1-4-13(2,14)12-15-11(17-16-12)9-5-7-10(18-3)8-6-9/h5-8H,4,14H2,1-3H3. The van der Waals surface area contributed by atoms with Crippen molar-refractivity contribution in [2.45, 2.75) is 30.7 Å². The Labute approximate surface area is 111 Å². The molecule has 2 rings (SSSR count). The summed E-state index contributed by atoms with van der Waals surface area (Å²) in [5.41, 5.74) is 6.46. The molecule has 2 N–H and O–H groups in total. The van der Waals surface area contributed by atoms with Crippen molar-refractivity contribution in [3.8, 4) is 11.5 Å². The second-order valence-electron chi connectivity index (χ2n) is 4.42. The fourth-order valence-electron chi connectivity index (χ4n) is 1.46. The highest BCUT2D eigenvalue weighted by molar-refractivity contribution is 7.98. The van der Waals surface area contributed by atoms with Crippen LogP contribution >= 0.6 is 11.8 Å². The Bertz CT molecular complexity index is 519. The van der Waals surface area contributed by atoms with Crippen LogP contribution in [0, 0.1) is 0 Å². The van der Waals surface area contributed by atoms with Gasteiger partial charge in [-0.05, 0) is 43.9 Å². The number of hydrogen-bond acceptors (Lipinski definition) is 5. The van der Waals surface area contributed by atoms with Crippen LogP contribution in [0.1, 0.15) is 26.1 Å². The summed E-state index contributed by atoms with van der Waals surface area (Å²) >= 11 is 1.70. The molecule has 2 aromatic rings. The van der Waals surface area contributed by atoms with Crippen molar-refractivity contribution in [2.75, 3.05) is 6.26 Å². The fourth-order valence-corrected chi connectivity index (χ4v) is 1.87. The van der Waals surface area contributed by atoms with Crippen LogP contribution in [0.3, 0.4) is 0 Å². The summed E-state index contributed by atoms with van der Waals surface area (Å²) < 4.78 is 5.26. The number of nitrogens with zero attached hydrogens (tertiary/aromatic N) is 2. The first-order valence-corrected chi connectivity index (χ1v) is 7.07. The molecule has 0 aliphatic heterocycles. The summed E-state index contributed by atoms with van der Waals surface area (Å²) in [6, 6.07) is 8.02. The molecule has 0 amide bonds. The van der Waals surface area contributed by atoms with Crippen LogP contribution in [-0.4, -0.2) is 16.4 Å². The average molecular weight is 263 g/mol. The third-order valence-corrected chi connectivity index (χ3v) is 3.75. The predicted molar refractivity (Wildman–Crippen MR) is 73.3 cm³/mol. The number of hydrogen-bond donors (Lipinski definition) is 1. The van der Waals surface area contributed by atoms with E-state index in [1.165, 1.54) is 4.90 Å². The van der Waals surface area contributed by atoms with Crippen molar-refractivity contribution in [1.29, 1.82) is 0 Å². The minimum Gasteiger partial charge on any atom is -0.334 e. The van der Waals surface area contributed by atoms with Gasteiger partial charge in [0, 0.05) is 10.5 Å². The van der Waals surface area contributed by atoms with Crippen molar-refractivity contribution < 1.29 is 4.52 Å². The first-order chi connectivity index (χ1) is 8.56. The van der Waals surface area contributed by atoms with Crippen LogP contribution < -0.4 is 5.73 Å². The zero-order valence-electron chi connectivity index (χ0n) is 10.8. The minimum atomic E-state index is -0.541. The van der Waals surface area contributed by atoms with Crippen molar-refractivity contribution in [2.24, 2.45) is 5.73 Å². The van der Waals surface area contributed by atoms with Crippen molar-refractivity contribution in [3.05, 3.63) is 30.1 Å². The molecular formula is C13H17N3OS. The van der Waals surface area contributed by atoms with Crippen LogP contribution in [0.4, 0.5) is 0 Å². The van der Waals surface area contributed by atoms with Gasteiger partial charge in [0.25, 0.3) is 5.89 Å². The number of benzene rings is 1. The van der Waals surface area contributed by atoms with Crippen molar-refractivity contribution >= 4 is 11.8 Å². The maximum Gasteiger partial charge on any atom is 0.257 e. The topological polar surface area (TPSA) is 64.9 Å². The highest BCUT2D eigenvalue weighted by atomic mass is 32.2. The van der Waals surface area contributed by atoms with Gasteiger partial charge < -0.3 is 10.3 Å². The van der Waals surface area contributed by atoms with Gasteiger partial charge >= 0.3 is 0 Å². The summed E-state index contributed by atoms with van der Waals surface area (Å²) in [4.78, 5) is 5.57. The number of thioether (sulfide) groups is 1. The van der Waals surface area contributed by atoms with Gasteiger partial charge in [-0.25, -0.2) is 0 Å². The highest BCUT2D eigenvalue weighted by Crippen LogP contribution is 2.24. The van der Waals surface area contributed by atoms with Crippen molar-refractivity contribution in [1.82, 2.24) is 10.1 Å². The lowest BCUT2D eigenvalue weighted by Gasteiger charge is -2.16. The fraction of sp³-hybridized carbons (Fsp3) is 0.385. The van der Waals surface area contributed by atoms with Gasteiger partial charge in [0.2, 0.25) is 0 Å². The number of aromatic nitrogens is 2. The third kappa shape index (κ3) is 2.57. The zero-order chi connectivity index (χ0) is 13.2. The zero-order valence-corrected chi connectivity index (χ0v) is 11.6. The largest absolute Gasteiger partial charge is 0.334 e. The summed E-state index contributed by atoms with van der Waals surface area (Å²) in [6.45, 7) is 3.90. The molecule has 4 nitrogen and oxygen atoms in total. The lowest BCUT2D eigenvalue weighted by Crippen LogP contribution is -2.33. The van der Waals surface area contributed by atoms with E-state index in [0.717, 1.165) is 12.0 Å². The predicted octanol–water partition coefficient (Wildman–Crippen LogP) is 3.04. The molecule has 0 aliphatic carbocycles. The smallest absolute Gasteiger partial charge is 0.257 e. The Morgan fingerprint density at radius 3 is 2.56 bits per heavy atom. The van der Waals surface area contributed by atoms with Gasteiger partial charge in [-0.1, -0.05) is 12.1 Å². The molecule has 5 heteroatoms. The lowest BCUT2D eigenvalue weighted by atomic mass is 10.0. The van der Waals surface area contributed by atoms with Crippen LogP contribution in [0.25, 0.3) is 11.5 Å². The summed E-state index contributed by atoms with van der Waals surface area (Å²) in [7, 11) is 0. The van der Waals surface area contributed by atoms with Crippen molar-refractivity contribution in [3.63, 3.8) is 0 Å². The van der Waals surface area contributed by atoms with E-state index in [4.69, 9.17) is 10.3 Å². The quantitative estimate of drug-likeness (QED) is 0.859. The number of rotatable bonds is 4. The molecule has 0 saturated heterocycles. The summed E-state index contributed by atoms with van der Waals surface area (Å²) in [5, 5.41) is 3.96. The molecular weight excluding hydrogens is 246 g/mol. The van der Waals surface area contributed by atoms with Crippen LogP contribution in [0.15, 0.2) is 33.7 Å². The SMILES string of the molecule is CCC(C)(N)c1noc(-c2ccc(SC)cc2)n1. The van der Waals surface area contributed by atoms with Gasteiger partial charge in [-0.3, -0.25) is 0 Å². The van der Waals surface area contributed by atoms with E-state index in [1.807, 2.05) is 44.4 Å². The van der Waals surface area contributed by atoms with E-state index in [9.17, 15) is 0 Å². The molecule has 18 heavy (non-hydrogen) atoms. The molecule has 1 atom stereocenters. The van der Waals surface area contributed by atoms with E-state index < -0.39 is 5.54 Å². The second-order valence-corrected chi connectivity index (χ2v) is 5.30. The van der Waals surface area contributed by atoms with E-state index in [-0.39, 0.29) is 0 Å². The second kappa shape index (κ2) is 5.12. The van der Waals surface area contributed by atoms with Gasteiger partial charge in [0.05, 0.1) is 5.54 Å². The molecule has 1 aromatic heterocycles. The highest BCUT2D eigenvalue weighted by Gasteiger charge is 2.25. The number of nitrogens with two attached hydrogens (primary N) is 1. The molecule has 1 heterocycles. The van der Waals surface area contributed by atoms with E-state index in [1.54, 1.807) is 11.8 Å². The molecule has 1 unspecified atom stereocenters. The van der Waals surface area contributed by atoms with Gasteiger partial charge in [-0.15, -0.1) is 11.8 Å². The van der Waals surface area contributed by atoms with E-state index in [2.05, 4.69) is 10.1 Å². The Balaban J connectivity index is 2.29. The Kier molecular flexibility index (Phi) is 3.73. The molecule has 0 fully saturated rings. The van der Waals surface area contributed by atoms with E-state index >= 15 is 0 Å². The molecule has 0 radical (unpaired) electrons. The van der Waals surface area contributed by atoms with E-state index in [0.29, 0.717) is 11.7 Å². The maximum absolute atomic E-state index is 6.09. The Hall–Kier alpha value is -1.33. The van der Waals surface area contributed by atoms with Gasteiger partial charge in [-0.2, -0.15) is 4.98 Å². The minimum absolute atomic E-state index is 0.516. The normalized spacial score (nSPS) is 14.4. The molecule has 0 spiro atoms. The lowest BCUT2D eigenvalue weighted by molar-refractivity contribution is 0.379. The van der Waals surface area contributed by atoms with Crippen LogP contribution in [0.2, 0.25) is 0 Å². The molecule has 0 aliphatic rings. The summed E-state index contributed by atoms with van der Waals surface area (Å²) in [6.07, 6.45) is 2.80. The molecule has 0 saturated carbocycles. The average Bonchev–Trinajstić information content (AvgIpc) is 2.89. The summed E-state index contributed by atoms with van der Waals surface area (Å²) in [5.74, 6) is 1.07. The molecule has 0 bridgehead atoms. The molecule has 96 valence electrons.